The fourth-order valence-corrected chi connectivity index (χ4v) is 2.43. The molecule has 0 unspecified atom stereocenters. The molecule has 0 aromatic carbocycles. The smallest absolute Gasteiger partial charge is 0.414 e. The maximum atomic E-state index is 12.4. The summed E-state index contributed by atoms with van der Waals surface area (Å²) in [6, 6.07) is 0. The van der Waals surface area contributed by atoms with Crippen LogP contribution >= 0.6 is 15.9 Å². The molecule has 1 amide bonds. The van der Waals surface area contributed by atoms with Crippen molar-refractivity contribution in [1.29, 1.82) is 0 Å². The summed E-state index contributed by atoms with van der Waals surface area (Å²) in [4.78, 5) is 18.4. The Labute approximate surface area is 128 Å². The zero-order valence-corrected chi connectivity index (χ0v) is 13.9. The molecular formula is C15H19BrN2O2. The minimum atomic E-state index is -0.515. The lowest BCUT2D eigenvalue weighted by Crippen LogP contribution is -2.40. The Hall–Kier alpha value is -1.36. The molecule has 1 aromatic heterocycles. The molecule has 0 N–H and O–H groups in total. The molecule has 0 bridgehead atoms. The van der Waals surface area contributed by atoms with Crippen molar-refractivity contribution in [2.75, 3.05) is 11.4 Å². The number of rotatable bonds is 0. The van der Waals surface area contributed by atoms with Crippen LogP contribution in [-0.4, -0.2) is 23.2 Å². The van der Waals surface area contributed by atoms with E-state index in [9.17, 15) is 4.79 Å². The van der Waals surface area contributed by atoms with Gasteiger partial charge in [-0.25, -0.2) is 4.79 Å². The second-order valence-electron chi connectivity index (χ2n) is 5.91. The van der Waals surface area contributed by atoms with Crippen LogP contribution in [-0.2, 0) is 4.74 Å². The van der Waals surface area contributed by atoms with Gasteiger partial charge in [-0.1, -0.05) is 6.58 Å². The lowest BCUT2D eigenvalue weighted by Gasteiger charge is -2.33. The number of carbonyl (C=O) groups is 1. The number of amides is 1. The molecule has 0 radical (unpaired) electrons. The van der Waals surface area contributed by atoms with E-state index >= 15 is 0 Å². The number of hydrogen-bond acceptors (Lipinski definition) is 3. The van der Waals surface area contributed by atoms with Gasteiger partial charge < -0.3 is 4.74 Å². The first kappa shape index (κ1) is 15.0. The van der Waals surface area contributed by atoms with E-state index in [2.05, 4.69) is 27.5 Å². The van der Waals surface area contributed by atoms with Crippen molar-refractivity contribution in [1.82, 2.24) is 4.98 Å². The third kappa shape index (κ3) is 2.87. The fraction of sp³-hybridized carbons (Fsp3) is 0.467. The third-order valence-electron chi connectivity index (χ3n) is 3.10. The molecule has 1 aliphatic rings. The van der Waals surface area contributed by atoms with Crippen LogP contribution in [0.5, 0.6) is 0 Å². The Morgan fingerprint density at radius 3 is 2.75 bits per heavy atom. The van der Waals surface area contributed by atoms with Crippen LogP contribution < -0.4 is 4.90 Å². The Morgan fingerprint density at radius 1 is 1.50 bits per heavy atom. The maximum absolute atomic E-state index is 12.4. The Balaban J connectivity index is 2.45. The van der Waals surface area contributed by atoms with Gasteiger partial charge in [-0.2, -0.15) is 0 Å². The summed E-state index contributed by atoms with van der Waals surface area (Å²) in [6.45, 7) is 12.2. The lowest BCUT2D eigenvalue weighted by atomic mass is 10.0. The monoisotopic (exact) mass is 338 g/mol. The minimum absolute atomic E-state index is 0.339. The summed E-state index contributed by atoms with van der Waals surface area (Å²) in [7, 11) is 0. The van der Waals surface area contributed by atoms with Crippen LogP contribution in [0.4, 0.5) is 10.5 Å². The van der Waals surface area contributed by atoms with Crippen LogP contribution in [0.1, 0.15) is 38.4 Å². The van der Waals surface area contributed by atoms with Crippen molar-refractivity contribution in [3.63, 3.8) is 0 Å². The van der Waals surface area contributed by atoms with Gasteiger partial charge in [-0.3, -0.25) is 9.88 Å². The molecule has 0 spiro atoms. The highest BCUT2D eigenvalue weighted by atomic mass is 79.9. The van der Waals surface area contributed by atoms with E-state index in [0.717, 1.165) is 27.0 Å². The number of ether oxygens (including phenoxy) is 1. The van der Waals surface area contributed by atoms with Gasteiger partial charge in [0.05, 0.1) is 11.4 Å². The number of aromatic nitrogens is 1. The van der Waals surface area contributed by atoms with E-state index in [0.29, 0.717) is 13.0 Å². The summed E-state index contributed by atoms with van der Waals surface area (Å²) in [5.41, 5.74) is 2.99. The van der Waals surface area contributed by atoms with E-state index in [1.165, 1.54) is 0 Å². The zero-order valence-electron chi connectivity index (χ0n) is 12.3. The largest absolute Gasteiger partial charge is 0.443 e. The number of hydrogen-bond donors (Lipinski definition) is 0. The van der Waals surface area contributed by atoms with Gasteiger partial charge in [0, 0.05) is 17.2 Å². The number of fused-ring (bicyclic) bond motifs is 1. The summed E-state index contributed by atoms with van der Waals surface area (Å²) in [5.74, 6) is 0. The molecule has 4 nitrogen and oxygen atoms in total. The normalized spacial score (nSPS) is 15.1. The van der Waals surface area contributed by atoms with E-state index in [1.54, 1.807) is 11.1 Å². The van der Waals surface area contributed by atoms with Gasteiger partial charge in [-0.05, 0) is 61.2 Å². The standard InChI is InChI=1S/C15H19BrN2O2/c1-9-6-7-18(14(19)20-15(3,4)5)13-10(2)11(16)8-17-12(9)13/h8H,1,6-7H2,2-5H3. The second kappa shape index (κ2) is 5.20. The highest BCUT2D eigenvalue weighted by molar-refractivity contribution is 9.10. The molecule has 0 fully saturated rings. The van der Waals surface area contributed by atoms with Gasteiger partial charge >= 0.3 is 6.09 Å². The average Bonchev–Trinajstić information content (AvgIpc) is 2.32. The molecule has 5 heteroatoms. The Kier molecular flexibility index (Phi) is 3.91. The second-order valence-corrected chi connectivity index (χ2v) is 6.77. The Morgan fingerprint density at radius 2 is 2.15 bits per heavy atom. The number of carbonyl (C=O) groups excluding carboxylic acids is 1. The summed E-state index contributed by atoms with van der Waals surface area (Å²) < 4.78 is 6.35. The van der Waals surface area contributed by atoms with Crippen molar-refractivity contribution in [2.45, 2.75) is 39.7 Å². The van der Waals surface area contributed by atoms with Gasteiger partial charge in [0.1, 0.15) is 5.60 Å². The van der Waals surface area contributed by atoms with Gasteiger partial charge in [0.25, 0.3) is 0 Å². The molecule has 108 valence electrons. The minimum Gasteiger partial charge on any atom is -0.443 e. The van der Waals surface area contributed by atoms with E-state index in [1.807, 2.05) is 27.7 Å². The number of anilines is 1. The van der Waals surface area contributed by atoms with Gasteiger partial charge in [-0.15, -0.1) is 0 Å². The highest BCUT2D eigenvalue weighted by Crippen LogP contribution is 2.38. The molecule has 0 saturated carbocycles. The third-order valence-corrected chi connectivity index (χ3v) is 3.90. The fourth-order valence-electron chi connectivity index (χ4n) is 2.14. The lowest BCUT2D eigenvalue weighted by molar-refractivity contribution is 0.0580. The predicted octanol–water partition coefficient (Wildman–Crippen LogP) is 4.31. The molecule has 2 rings (SSSR count). The molecule has 1 aliphatic heterocycles. The molecular weight excluding hydrogens is 320 g/mol. The summed E-state index contributed by atoms with van der Waals surface area (Å²) in [6.07, 6.45) is 2.12. The first-order chi connectivity index (χ1) is 9.20. The quantitative estimate of drug-likeness (QED) is 0.707. The Bertz CT molecular complexity index is 576. The highest BCUT2D eigenvalue weighted by Gasteiger charge is 2.31. The predicted molar refractivity (Wildman–Crippen MR) is 83.9 cm³/mol. The van der Waals surface area contributed by atoms with Crippen molar-refractivity contribution in [2.24, 2.45) is 0 Å². The molecule has 1 aromatic rings. The number of pyridine rings is 1. The van der Waals surface area contributed by atoms with E-state index < -0.39 is 5.60 Å². The van der Waals surface area contributed by atoms with Crippen LogP contribution in [0.15, 0.2) is 17.2 Å². The molecule has 0 atom stereocenters. The first-order valence-electron chi connectivity index (χ1n) is 6.54. The molecule has 2 heterocycles. The van der Waals surface area contributed by atoms with Crippen molar-refractivity contribution >= 4 is 33.3 Å². The molecule has 0 aliphatic carbocycles. The van der Waals surface area contributed by atoms with Crippen LogP contribution in [0.2, 0.25) is 0 Å². The summed E-state index contributed by atoms with van der Waals surface area (Å²) in [5, 5.41) is 0. The number of nitrogens with zero attached hydrogens (tertiary/aromatic N) is 2. The zero-order chi connectivity index (χ0) is 15.1. The van der Waals surface area contributed by atoms with Crippen molar-refractivity contribution < 1.29 is 9.53 Å². The average molecular weight is 339 g/mol. The van der Waals surface area contributed by atoms with Crippen molar-refractivity contribution in [3.05, 3.63) is 28.5 Å². The van der Waals surface area contributed by atoms with Gasteiger partial charge in [0.2, 0.25) is 0 Å². The maximum Gasteiger partial charge on any atom is 0.414 e. The SMILES string of the molecule is C=C1CCN(C(=O)OC(C)(C)C)c2c1ncc(Br)c2C. The van der Waals surface area contributed by atoms with Crippen LogP contribution in [0.3, 0.4) is 0 Å². The van der Waals surface area contributed by atoms with E-state index in [4.69, 9.17) is 4.74 Å². The van der Waals surface area contributed by atoms with Crippen LogP contribution in [0.25, 0.3) is 5.57 Å². The topological polar surface area (TPSA) is 42.4 Å². The molecule has 20 heavy (non-hydrogen) atoms. The van der Waals surface area contributed by atoms with Crippen LogP contribution in [0, 0.1) is 6.92 Å². The number of halogens is 1. The van der Waals surface area contributed by atoms with E-state index in [-0.39, 0.29) is 6.09 Å². The van der Waals surface area contributed by atoms with Gasteiger partial charge in [0.15, 0.2) is 0 Å². The van der Waals surface area contributed by atoms with Crippen molar-refractivity contribution in [3.8, 4) is 0 Å². The molecule has 0 saturated heterocycles. The first-order valence-corrected chi connectivity index (χ1v) is 7.34. The summed E-state index contributed by atoms with van der Waals surface area (Å²) >= 11 is 3.46.